The average molecular weight is 435 g/mol. The van der Waals surface area contributed by atoms with Crippen molar-refractivity contribution < 1.29 is 9.59 Å². The van der Waals surface area contributed by atoms with E-state index in [0.29, 0.717) is 25.2 Å². The number of amides is 2. The number of aryl methyl sites for hydroxylation is 1. The molecule has 3 aromatic rings. The molecule has 0 atom stereocenters. The number of carbonyl (C=O) groups excluding carboxylic acids is 2. The number of hydrogen-bond acceptors (Lipinski definition) is 3. The fraction of sp³-hybridized carbons (Fsp3) is 0.308. The maximum absolute atomic E-state index is 13.4. The highest BCUT2D eigenvalue weighted by molar-refractivity contribution is 7.09. The molecule has 0 saturated carbocycles. The van der Waals surface area contributed by atoms with Crippen LogP contribution in [0.15, 0.2) is 72.1 Å². The van der Waals surface area contributed by atoms with E-state index in [-0.39, 0.29) is 18.4 Å². The van der Waals surface area contributed by atoms with Crippen molar-refractivity contribution in [2.45, 2.75) is 39.8 Å². The minimum atomic E-state index is -0.0856. The highest BCUT2D eigenvalue weighted by Crippen LogP contribution is 2.16. The van der Waals surface area contributed by atoms with E-state index in [4.69, 9.17) is 0 Å². The van der Waals surface area contributed by atoms with Crippen LogP contribution in [0, 0.1) is 6.92 Å². The van der Waals surface area contributed by atoms with E-state index in [2.05, 4.69) is 6.92 Å². The highest BCUT2D eigenvalue weighted by atomic mass is 32.1. The van der Waals surface area contributed by atoms with Crippen LogP contribution in [0.2, 0.25) is 0 Å². The molecule has 2 aromatic carbocycles. The number of benzene rings is 2. The fourth-order valence-corrected chi connectivity index (χ4v) is 4.09. The predicted molar refractivity (Wildman–Crippen MR) is 127 cm³/mol. The molecule has 0 spiro atoms. The van der Waals surface area contributed by atoms with Crippen LogP contribution in [0.4, 0.5) is 0 Å². The Bertz CT molecular complexity index is 953. The van der Waals surface area contributed by atoms with Gasteiger partial charge in [-0.05, 0) is 42.5 Å². The first-order valence-electron chi connectivity index (χ1n) is 10.8. The molecule has 5 heteroatoms. The van der Waals surface area contributed by atoms with E-state index >= 15 is 0 Å². The van der Waals surface area contributed by atoms with Crippen LogP contribution in [-0.2, 0) is 17.9 Å². The van der Waals surface area contributed by atoms with Crippen LogP contribution < -0.4 is 0 Å². The molecule has 0 saturated heterocycles. The summed E-state index contributed by atoms with van der Waals surface area (Å²) < 4.78 is 0. The van der Waals surface area contributed by atoms with Crippen molar-refractivity contribution in [3.05, 3.63) is 93.7 Å². The molecule has 1 heterocycles. The molecule has 1 aromatic heterocycles. The largest absolute Gasteiger partial charge is 0.332 e. The van der Waals surface area contributed by atoms with Gasteiger partial charge in [0, 0.05) is 23.5 Å². The minimum Gasteiger partial charge on any atom is -0.332 e. The van der Waals surface area contributed by atoms with Crippen LogP contribution in [-0.4, -0.2) is 34.7 Å². The van der Waals surface area contributed by atoms with Gasteiger partial charge >= 0.3 is 0 Å². The van der Waals surface area contributed by atoms with Gasteiger partial charge in [0.25, 0.3) is 5.91 Å². The lowest BCUT2D eigenvalue weighted by Crippen LogP contribution is -2.42. The zero-order chi connectivity index (χ0) is 22.1. The van der Waals surface area contributed by atoms with Gasteiger partial charge in [-0.25, -0.2) is 0 Å². The fourth-order valence-electron chi connectivity index (χ4n) is 3.37. The maximum atomic E-state index is 13.4. The predicted octanol–water partition coefficient (Wildman–Crippen LogP) is 5.53. The van der Waals surface area contributed by atoms with Gasteiger partial charge in [0.1, 0.15) is 6.54 Å². The summed E-state index contributed by atoms with van der Waals surface area (Å²) in [6.07, 6.45) is 1.84. The van der Waals surface area contributed by atoms with Crippen molar-refractivity contribution in [2.75, 3.05) is 13.1 Å². The Hall–Kier alpha value is -2.92. The normalized spacial score (nSPS) is 10.6. The summed E-state index contributed by atoms with van der Waals surface area (Å²) in [7, 11) is 0. The van der Waals surface area contributed by atoms with Crippen LogP contribution in [0.1, 0.15) is 46.1 Å². The van der Waals surface area contributed by atoms with E-state index in [1.165, 1.54) is 0 Å². The third kappa shape index (κ3) is 6.79. The Morgan fingerprint density at radius 2 is 1.61 bits per heavy atom. The summed E-state index contributed by atoms with van der Waals surface area (Å²) in [6.45, 7) is 5.83. The lowest BCUT2D eigenvalue weighted by molar-refractivity contribution is -0.133. The van der Waals surface area contributed by atoms with E-state index in [1.54, 1.807) is 16.2 Å². The molecule has 4 nitrogen and oxygen atoms in total. The number of rotatable bonds is 10. The summed E-state index contributed by atoms with van der Waals surface area (Å²) in [5.41, 5.74) is 2.82. The third-order valence-electron chi connectivity index (χ3n) is 5.19. The van der Waals surface area contributed by atoms with Crippen LogP contribution >= 0.6 is 11.3 Å². The van der Waals surface area contributed by atoms with Gasteiger partial charge in [-0.2, -0.15) is 0 Å². The van der Waals surface area contributed by atoms with Crippen molar-refractivity contribution >= 4 is 23.2 Å². The smallest absolute Gasteiger partial charge is 0.254 e. The Morgan fingerprint density at radius 1 is 0.871 bits per heavy atom. The molecule has 0 aliphatic carbocycles. The number of carbonyl (C=O) groups is 2. The molecule has 162 valence electrons. The molecule has 31 heavy (non-hydrogen) atoms. The maximum Gasteiger partial charge on any atom is 0.254 e. The monoisotopic (exact) mass is 434 g/mol. The molecule has 0 N–H and O–H groups in total. The number of hydrogen-bond donors (Lipinski definition) is 0. The quantitative estimate of drug-likeness (QED) is 0.421. The Kier molecular flexibility index (Phi) is 8.42. The Labute approximate surface area is 189 Å². The standard InChI is InChI=1S/C26H30N2O2S/c1-3-4-16-27(26(30)23-14-12-21(2)13-15-23)20-25(29)28(19-24-11-8-17-31-24)18-22-9-6-5-7-10-22/h5-15,17H,3-4,16,18-20H2,1-2H3. The van der Waals surface area contributed by atoms with Crippen LogP contribution in [0.5, 0.6) is 0 Å². The summed E-state index contributed by atoms with van der Waals surface area (Å²) in [4.78, 5) is 31.2. The zero-order valence-electron chi connectivity index (χ0n) is 18.3. The van der Waals surface area contributed by atoms with Crippen LogP contribution in [0.3, 0.4) is 0 Å². The second kappa shape index (κ2) is 11.5. The van der Waals surface area contributed by atoms with Crippen molar-refractivity contribution in [1.29, 1.82) is 0 Å². The van der Waals surface area contributed by atoms with Crippen molar-refractivity contribution in [2.24, 2.45) is 0 Å². The number of nitrogens with zero attached hydrogens (tertiary/aromatic N) is 2. The van der Waals surface area contributed by atoms with E-state index in [9.17, 15) is 9.59 Å². The summed E-state index contributed by atoms with van der Waals surface area (Å²) in [5, 5.41) is 2.02. The first-order chi connectivity index (χ1) is 15.1. The van der Waals surface area contributed by atoms with Gasteiger partial charge in [-0.1, -0.05) is 67.4 Å². The van der Waals surface area contributed by atoms with Crippen molar-refractivity contribution in [3.63, 3.8) is 0 Å². The second-order valence-electron chi connectivity index (χ2n) is 7.76. The Balaban J connectivity index is 1.77. The number of unbranched alkanes of at least 4 members (excludes halogenated alkanes) is 1. The lowest BCUT2D eigenvalue weighted by atomic mass is 10.1. The van der Waals surface area contributed by atoms with Crippen molar-refractivity contribution in [1.82, 2.24) is 9.80 Å². The first kappa shape index (κ1) is 22.8. The summed E-state index contributed by atoms with van der Waals surface area (Å²) >= 11 is 1.64. The molecule has 0 fully saturated rings. The molecule has 0 bridgehead atoms. The van der Waals surface area contributed by atoms with E-state index < -0.39 is 0 Å². The summed E-state index contributed by atoms with van der Waals surface area (Å²) in [6, 6.07) is 21.6. The first-order valence-corrected chi connectivity index (χ1v) is 11.6. The molecule has 3 rings (SSSR count). The SMILES string of the molecule is CCCCN(CC(=O)N(Cc1ccccc1)Cc1cccs1)C(=O)c1ccc(C)cc1. The molecule has 0 aliphatic rings. The van der Waals surface area contributed by atoms with Gasteiger partial charge in [0.05, 0.1) is 6.54 Å². The lowest BCUT2D eigenvalue weighted by Gasteiger charge is -2.28. The van der Waals surface area contributed by atoms with E-state index in [0.717, 1.165) is 28.8 Å². The third-order valence-corrected chi connectivity index (χ3v) is 6.05. The highest BCUT2D eigenvalue weighted by Gasteiger charge is 2.22. The van der Waals surface area contributed by atoms with Gasteiger partial charge in [0.2, 0.25) is 5.91 Å². The van der Waals surface area contributed by atoms with Gasteiger partial charge in [0.15, 0.2) is 0 Å². The molecule has 0 aliphatic heterocycles. The van der Waals surface area contributed by atoms with Crippen molar-refractivity contribution in [3.8, 4) is 0 Å². The molecular weight excluding hydrogens is 404 g/mol. The minimum absolute atomic E-state index is 0.0335. The number of thiophene rings is 1. The second-order valence-corrected chi connectivity index (χ2v) is 8.79. The van der Waals surface area contributed by atoms with Gasteiger partial charge < -0.3 is 9.80 Å². The summed E-state index contributed by atoms with van der Waals surface area (Å²) in [5.74, 6) is -0.119. The van der Waals surface area contributed by atoms with Crippen LogP contribution in [0.25, 0.3) is 0 Å². The van der Waals surface area contributed by atoms with Gasteiger partial charge in [-0.3, -0.25) is 9.59 Å². The molecular formula is C26H30N2O2S. The Morgan fingerprint density at radius 3 is 2.26 bits per heavy atom. The zero-order valence-corrected chi connectivity index (χ0v) is 19.1. The average Bonchev–Trinajstić information content (AvgIpc) is 3.30. The van der Waals surface area contributed by atoms with Gasteiger partial charge in [-0.15, -0.1) is 11.3 Å². The molecule has 0 radical (unpaired) electrons. The molecule has 2 amide bonds. The van der Waals surface area contributed by atoms with E-state index in [1.807, 2.05) is 83.9 Å². The molecule has 0 unspecified atom stereocenters. The topological polar surface area (TPSA) is 40.6 Å².